The van der Waals surface area contributed by atoms with Gasteiger partial charge in [0.25, 0.3) is 14.1 Å². The van der Waals surface area contributed by atoms with Crippen LogP contribution in [-0.2, 0) is 23.4 Å². The topological polar surface area (TPSA) is 182 Å². The van der Waals surface area contributed by atoms with Crippen LogP contribution in [0.5, 0.6) is 0 Å². The average Bonchev–Trinajstić information content (AvgIpc) is 3.16. The summed E-state index contributed by atoms with van der Waals surface area (Å²) in [5.41, 5.74) is 4.20. The van der Waals surface area contributed by atoms with Crippen LogP contribution in [0.3, 0.4) is 0 Å². The molecule has 1 aliphatic rings. The maximum absolute atomic E-state index is 12.4. The number of carbonyl (C=O) groups is 2. The number of rotatable bonds is 11. The predicted octanol–water partition coefficient (Wildman–Crippen LogP) is 0.395. The molecule has 0 bridgehead atoms. The average molecular weight is 513 g/mol. The van der Waals surface area contributed by atoms with Crippen LogP contribution in [0, 0.1) is 18.3 Å². The van der Waals surface area contributed by atoms with Gasteiger partial charge in [0.1, 0.15) is 12.3 Å². The van der Waals surface area contributed by atoms with Crippen molar-refractivity contribution >= 4 is 20.3 Å². The fraction of sp³-hybridized carbons (Fsp3) is 0.667. The summed E-state index contributed by atoms with van der Waals surface area (Å²) in [6.07, 6.45) is -0.434. The quantitative estimate of drug-likeness (QED) is 0.215. The van der Waals surface area contributed by atoms with Gasteiger partial charge in [-0.15, -0.1) is 0 Å². The highest BCUT2D eigenvalue weighted by molar-refractivity contribution is 7.44. The molecule has 1 saturated heterocycles. The minimum atomic E-state index is -1.65. The number of nitrogens with zero attached hydrogens (tertiary/aromatic N) is 3. The Morgan fingerprint density at radius 3 is 2.60 bits per heavy atom. The Hall–Kier alpha value is -2.62. The van der Waals surface area contributed by atoms with E-state index in [0.717, 1.165) is 0 Å². The van der Waals surface area contributed by atoms with E-state index in [1.807, 2.05) is 38.4 Å². The van der Waals surface area contributed by atoms with Gasteiger partial charge in [0.05, 0.1) is 25.2 Å². The maximum atomic E-state index is 12.4. The zero-order valence-electron chi connectivity index (χ0n) is 20.5. The van der Waals surface area contributed by atoms with Crippen molar-refractivity contribution in [1.29, 1.82) is 5.26 Å². The molecule has 0 saturated carbocycles. The number of H-pyrrole nitrogens is 1. The Labute approximate surface area is 204 Å². The van der Waals surface area contributed by atoms with Crippen LogP contribution in [0.4, 0.5) is 0 Å². The Balaban J connectivity index is 2.34. The van der Waals surface area contributed by atoms with Crippen LogP contribution in [0.2, 0.25) is 0 Å². The molecule has 14 heteroatoms. The number of carbonyl (C=O) groups excluding carboxylic acids is 2. The first kappa shape index (κ1) is 28.6. The molecule has 1 aromatic heterocycles. The van der Waals surface area contributed by atoms with Crippen molar-refractivity contribution in [2.45, 2.75) is 78.0 Å². The molecule has 2 rings (SSSR count). The van der Waals surface area contributed by atoms with Gasteiger partial charge in [0.15, 0.2) is 0 Å². The molecule has 4 unspecified atom stereocenters. The molecular formula is C21H33N6O7P. The smallest absolute Gasteiger partial charge is 0.330 e. The van der Waals surface area contributed by atoms with E-state index in [-0.39, 0.29) is 38.1 Å². The Bertz CT molecular complexity index is 1040. The number of nitriles is 1. The second kappa shape index (κ2) is 12.9. The lowest BCUT2D eigenvalue weighted by Gasteiger charge is -2.37. The molecule has 2 amide bonds. The highest BCUT2D eigenvalue weighted by Gasteiger charge is 2.41. The molecule has 194 valence electrons. The molecule has 0 aliphatic carbocycles. The summed E-state index contributed by atoms with van der Waals surface area (Å²) in [7, 11) is -1.65. The number of aryl methyl sites for hydroxylation is 1. The third kappa shape index (κ3) is 7.68. The van der Waals surface area contributed by atoms with E-state index in [1.165, 1.54) is 10.8 Å². The van der Waals surface area contributed by atoms with Crippen LogP contribution in [0.1, 0.15) is 52.3 Å². The summed E-state index contributed by atoms with van der Waals surface area (Å²) in [4.78, 5) is 49.4. The van der Waals surface area contributed by atoms with Crippen LogP contribution in [0.25, 0.3) is 0 Å². The number of aromatic amines is 1. The summed E-state index contributed by atoms with van der Waals surface area (Å²) in [5.74, 6) is -2.12. The van der Waals surface area contributed by atoms with Gasteiger partial charge in [-0.1, -0.05) is 0 Å². The van der Waals surface area contributed by atoms with Gasteiger partial charge in [0.2, 0.25) is 0 Å². The van der Waals surface area contributed by atoms with E-state index >= 15 is 0 Å². The second-order valence-corrected chi connectivity index (χ2v) is 10.0. The molecule has 0 spiro atoms. The summed E-state index contributed by atoms with van der Waals surface area (Å²) in [6, 6.07) is 2.15. The van der Waals surface area contributed by atoms with E-state index in [2.05, 4.69) is 10.3 Å². The van der Waals surface area contributed by atoms with Crippen LogP contribution in [0.15, 0.2) is 15.8 Å². The molecule has 4 N–H and O–H groups in total. The van der Waals surface area contributed by atoms with Crippen molar-refractivity contribution in [1.82, 2.24) is 19.5 Å². The van der Waals surface area contributed by atoms with Crippen LogP contribution >= 0.6 is 8.53 Å². The zero-order chi connectivity index (χ0) is 26.3. The number of amides is 2. The summed E-state index contributed by atoms with van der Waals surface area (Å²) in [5, 5.41) is 11.3. The fourth-order valence-electron chi connectivity index (χ4n) is 3.66. The lowest BCUT2D eigenvalue weighted by Crippen LogP contribution is -2.43. The standard InChI is InChI=1S/C21H33N6O7P/c1-12(2)27(13(3)4)35(32-8-6-7-22)34-15-9-17(26-11-14(5)19(29)25-21(26)31)33-16(15)10-24-20(30)18(23)28/h11-13,15-17H,6,8-10H2,1-5H3,(H2,23,28)(H,24,30)(H,25,29,31). The van der Waals surface area contributed by atoms with Gasteiger partial charge in [-0.2, -0.15) is 5.26 Å². The highest BCUT2D eigenvalue weighted by Crippen LogP contribution is 2.49. The maximum Gasteiger partial charge on any atom is 0.330 e. The number of ether oxygens (including phenoxy) is 1. The van der Waals surface area contributed by atoms with E-state index < -0.39 is 50.0 Å². The molecule has 4 atom stereocenters. The fourth-order valence-corrected chi connectivity index (χ4v) is 5.41. The second-order valence-electron chi connectivity index (χ2n) is 8.61. The van der Waals surface area contributed by atoms with Crippen molar-refractivity contribution in [3.8, 4) is 6.07 Å². The molecule has 2 heterocycles. The molecule has 0 aromatic carbocycles. The third-order valence-electron chi connectivity index (χ3n) is 5.21. The first-order valence-electron chi connectivity index (χ1n) is 11.3. The van der Waals surface area contributed by atoms with Gasteiger partial charge >= 0.3 is 17.5 Å². The monoisotopic (exact) mass is 512 g/mol. The van der Waals surface area contributed by atoms with E-state index in [9.17, 15) is 19.2 Å². The molecule has 13 nitrogen and oxygen atoms in total. The SMILES string of the molecule is Cc1cn(C2CC(OP(OCCC#N)N(C(C)C)C(C)C)C(CNC(=O)C(N)=O)O2)c(=O)[nH]c1=O. The largest absolute Gasteiger partial charge is 0.361 e. The van der Waals surface area contributed by atoms with Gasteiger partial charge in [-0.05, 0) is 34.6 Å². The van der Waals surface area contributed by atoms with Crippen molar-refractivity contribution in [3.63, 3.8) is 0 Å². The number of primary amides is 1. The summed E-state index contributed by atoms with van der Waals surface area (Å²) < 4.78 is 21.6. The Kier molecular flexibility index (Phi) is 10.5. The number of hydrogen-bond acceptors (Lipinski definition) is 9. The van der Waals surface area contributed by atoms with Crippen LogP contribution < -0.4 is 22.3 Å². The van der Waals surface area contributed by atoms with Crippen molar-refractivity contribution < 1.29 is 23.4 Å². The number of nitrogens with two attached hydrogens (primary N) is 1. The van der Waals surface area contributed by atoms with Gasteiger partial charge < -0.3 is 24.8 Å². The number of aromatic nitrogens is 2. The Morgan fingerprint density at radius 1 is 1.37 bits per heavy atom. The van der Waals surface area contributed by atoms with Crippen molar-refractivity contribution in [3.05, 3.63) is 32.6 Å². The van der Waals surface area contributed by atoms with E-state index in [0.29, 0.717) is 5.56 Å². The van der Waals surface area contributed by atoms with Gasteiger partial charge in [-0.3, -0.25) is 23.9 Å². The molecular weight excluding hydrogens is 479 g/mol. The highest BCUT2D eigenvalue weighted by atomic mass is 31.2. The third-order valence-corrected chi connectivity index (χ3v) is 7.37. The first-order valence-corrected chi connectivity index (χ1v) is 12.4. The van der Waals surface area contributed by atoms with Crippen molar-refractivity contribution in [2.75, 3.05) is 13.2 Å². The molecule has 35 heavy (non-hydrogen) atoms. The predicted molar refractivity (Wildman–Crippen MR) is 127 cm³/mol. The minimum absolute atomic E-state index is 0.0544. The van der Waals surface area contributed by atoms with Crippen molar-refractivity contribution in [2.24, 2.45) is 5.73 Å². The lowest BCUT2D eigenvalue weighted by molar-refractivity contribution is -0.137. The normalized spacial score (nSPS) is 20.8. The zero-order valence-corrected chi connectivity index (χ0v) is 21.4. The Morgan fingerprint density at radius 2 is 2.03 bits per heavy atom. The lowest BCUT2D eigenvalue weighted by atomic mass is 10.2. The molecule has 1 aliphatic heterocycles. The van der Waals surface area contributed by atoms with Crippen LogP contribution in [-0.4, -0.2) is 63.5 Å². The van der Waals surface area contributed by atoms with Gasteiger partial charge in [0, 0.05) is 36.8 Å². The number of hydrogen-bond donors (Lipinski definition) is 3. The first-order chi connectivity index (χ1) is 16.5. The summed E-state index contributed by atoms with van der Waals surface area (Å²) in [6.45, 7) is 9.59. The van der Waals surface area contributed by atoms with E-state index in [1.54, 1.807) is 6.92 Å². The van der Waals surface area contributed by atoms with E-state index in [4.69, 9.17) is 24.8 Å². The summed E-state index contributed by atoms with van der Waals surface area (Å²) >= 11 is 0. The number of nitrogens with one attached hydrogen (secondary N) is 2. The molecule has 0 radical (unpaired) electrons. The minimum Gasteiger partial charge on any atom is -0.361 e. The van der Waals surface area contributed by atoms with Gasteiger partial charge in [-0.25, -0.2) is 9.46 Å². The molecule has 1 aromatic rings. The molecule has 1 fully saturated rings.